The number of carbonyl (C=O) groups excluding carboxylic acids is 2. The highest BCUT2D eigenvalue weighted by Gasteiger charge is 2.32. The lowest BCUT2D eigenvalue weighted by molar-refractivity contribution is -0.139. The summed E-state index contributed by atoms with van der Waals surface area (Å²) < 4.78 is 26.8. The maximum absolute atomic E-state index is 13.8. The fourth-order valence-corrected chi connectivity index (χ4v) is 6.26. The maximum Gasteiger partial charge on any atom is 0.244 e. The van der Waals surface area contributed by atoms with Crippen molar-refractivity contribution in [3.63, 3.8) is 0 Å². The number of anilines is 1. The second-order valence-corrected chi connectivity index (χ2v) is 12.5. The van der Waals surface area contributed by atoms with E-state index in [2.05, 4.69) is 5.32 Å². The van der Waals surface area contributed by atoms with E-state index in [0.717, 1.165) is 53.8 Å². The van der Waals surface area contributed by atoms with E-state index in [-0.39, 0.29) is 18.5 Å². The molecule has 10 heteroatoms. The smallest absolute Gasteiger partial charge is 0.244 e. The molecule has 0 heterocycles. The van der Waals surface area contributed by atoms with Crippen LogP contribution in [0, 0.1) is 13.8 Å². The van der Waals surface area contributed by atoms with Gasteiger partial charge in [-0.15, -0.1) is 0 Å². The monoisotopic (exact) mass is 567 g/mol. The standard InChI is InChI=1S/C27H35Cl2N3O4S/c1-18-10-8-11-19(2)26(18)32(37(4,35)36)17-25(33)31(16-22-23(28)14-9-15-24(22)29)20(3)27(34)30-21-12-6-5-7-13-21/h8-11,14-15,20-21H,5-7,12-13,16-17H2,1-4H3,(H,30,34). The molecule has 2 aromatic rings. The summed E-state index contributed by atoms with van der Waals surface area (Å²) >= 11 is 12.8. The Labute approximate surface area is 230 Å². The van der Waals surface area contributed by atoms with E-state index in [9.17, 15) is 18.0 Å². The van der Waals surface area contributed by atoms with E-state index >= 15 is 0 Å². The van der Waals surface area contributed by atoms with Crippen molar-refractivity contribution in [3.05, 3.63) is 63.1 Å². The van der Waals surface area contributed by atoms with Gasteiger partial charge in [-0.1, -0.05) is 66.7 Å². The number of hydrogen-bond acceptors (Lipinski definition) is 4. The Morgan fingerprint density at radius 2 is 1.54 bits per heavy atom. The van der Waals surface area contributed by atoms with Crippen molar-refractivity contribution in [1.29, 1.82) is 0 Å². The van der Waals surface area contributed by atoms with E-state index < -0.39 is 28.5 Å². The molecular formula is C27H35Cl2N3O4S. The van der Waals surface area contributed by atoms with Crippen molar-refractivity contribution in [2.24, 2.45) is 0 Å². The Kier molecular flexibility index (Phi) is 9.89. The largest absolute Gasteiger partial charge is 0.352 e. The first-order chi connectivity index (χ1) is 17.4. The van der Waals surface area contributed by atoms with Gasteiger partial charge in [-0.25, -0.2) is 8.42 Å². The average Bonchev–Trinajstić information content (AvgIpc) is 2.82. The van der Waals surface area contributed by atoms with Crippen molar-refractivity contribution in [2.75, 3.05) is 17.1 Å². The molecule has 0 aliphatic heterocycles. The second kappa shape index (κ2) is 12.5. The fourth-order valence-electron chi connectivity index (χ4n) is 4.78. The van der Waals surface area contributed by atoms with Crippen LogP contribution in [0.15, 0.2) is 36.4 Å². The van der Waals surface area contributed by atoms with Crippen molar-refractivity contribution in [3.8, 4) is 0 Å². The fraction of sp³-hybridized carbons (Fsp3) is 0.481. The minimum absolute atomic E-state index is 0.0407. The quantitative estimate of drug-likeness (QED) is 0.448. The number of aryl methyl sites for hydroxylation is 2. The molecule has 7 nitrogen and oxygen atoms in total. The van der Waals surface area contributed by atoms with Gasteiger partial charge in [-0.05, 0) is 56.9 Å². The maximum atomic E-state index is 13.8. The van der Waals surface area contributed by atoms with Crippen LogP contribution in [0.1, 0.15) is 55.7 Å². The highest BCUT2D eigenvalue weighted by Crippen LogP contribution is 2.29. The minimum Gasteiger partial charge on any atom is -0.352 e. The number of nitrogens with one attached hydrogen (secondary N) is 1. The second-order valence-electron chi connectivity index (χ2n) is 9.75. The zero-order chi connectivity index (χ0) is 27.3. The van der Waals surface area contributed by atoms with Gasteiger partial charge in [0.15, 0.2) is 0 Å². The van der Waals surface area contributed by atoms with Gasteiger partial charge >= 0.3 is 0 Å². The molecule has 0 radical (unpaired) electrons. The van der Waals surface area contributed by atoms with Crippen LogP contribution in [-0.4, -0.2) is 50.0 Å². The third-order valence-electron chi connectivity index (χ3n) is 6.88. The lowest BCUT2D eigenvalue weighted by atomic mass is 9.95. The molecule has 1 saturated carbocycles. The molecule has 0 saturated heterocycles. The molecule has 1 N–H and O–H groups in total. The molecule has 1 atom stereocenters. The number of halogens is 2. The Morgan fingerprint density at radius 3 is 2.08 bits per heavy atom. The van der Waals surface area contributed by atoms with Crippen molar-refractivity contribution in [2.45, 2.75) is 71.5 Å². The van der Waals surface area contributed by atoms with E-state index in [1.54, 1.807) is 51.1 Å². The number of amides is 2. The highest BCUT2D eigenvalue weighted by molar-refractivity contribution is 7.92. The summed E-state index contributed by atoms with van der Waals surface area (Å²) in [5, 5.41) is 3.79. The van der Waals surface area contributed by atoms with E-state index in [4.69, 9.17) is 23.2 Å². The number of hydrogen-bond donors (Lipinski definition) is 1. The number of carbonyl (C=O) groups is 2. The molecular weight excluding hydrogens is 533 g/mol. The van der Waals surface area contributed by atoms with Crippen LogP contribution in [-0.2, 0) is 26.2 Å². The van der Waals surface area contributed by atoms with Gasteiger partial charge in [-0.2, -0.15) is 0 Å². The van der Waals surface area contributed by atoms with Crippen molar-refractivity contribution >= 4 is 50.7 Å². The van der Waals surface area contributed by atoms with Crippen molar-refractivity contribution in [1.82, 2.24) is 10.2 Å². The van der Waals surface area contributed by atoms with Crippen molar-refractivity contribution < 1.29 is 18.0 Å². The Morgan fingerprint density at radius 1 is 1.00 bits per heavy atom. The van der Waals surface area contributed by atoms with Crippen LogP contribution in [0.4, 0.5) is 5.69 Å². The number of rotatable bonds is 9. The first kappa shape index (κ1) is 29.3. The lowest BCUT2D eigenvalue weighted by Gasteiger charge is -2.33. The zero-order valence-corrected chi connectivity index (χ0v) is 24.1. The molecule has 1 unspecified atom stereocenters. The molecule has 37 heavy (non-hydrogen) atoms. The lowest BCUT2D eigenvalue weighted by Crippen LogP contribution is -2.53. The number of para-hydroxylation sites is 1. The van der Waals surface area contributed by atoms with Crippen LogP contribution in [0.2, 0.25) is 10.0 Å². The summed E-state index contributed by atoms with van der Waals surface area (Å²) in [5.41, 5.74) is 2.40. The average molecular weight is 569 g/mol. The van der Waals surface area contributed by atoms with Crippen LogP contribution >= 0.6 is 23.2 Å². The van der Waals surface area contributed by atoms with Crippen LogP contribution in [0.5, 0.6) is 0 Å². The number of benzene rings is 2. The SMILES string of the molecule is Cc1cccc(C)c1N(CC(=O)N(Cc1c(Cl)cccc1Cl)C(C)C(=O)NC1CCCCC1)S(C)(=O)=O. The number of nitrogens with zero attached hydrogens (tertiary/aromatic N) is 2. The molecule has 1 aliphatic rings. The topological polar surface area (TPSA) is 86.8 Å². The molecule has 2 amide bonds. The summed E-state index contributed by atoms with van der Waals surface area (Å²) in [6.07, 6.45) is 6.12. The third-order valence-corrected chi connectivity index (χ3v) is 8.70. The summed E-state index contributed by atoms with van der Waals surface area (Å²) in [5.74, 6) is -0.822. The third kappa shape index (κ3) is 7.39. The molecule has 0 aromatic heterocycles. The van der Waals surface area contributed by atoms with Gasteiger partial charge in [-0.3, -0.25) is 13.9 Å². The predicted molar refractivity (Wildman–Crippen MR) is 150 cm³/mol. The molecule has 0 bridgehead atoms. The molecule has 2 aromatic carbocycles. The van der Waals surface area contributed by atoms with Gasteiger partial charge in [0.2, 0.25) is 21.8 Å². The summed E-state index contributed by atoms with van der Waals surface area (Å²) in [6, 6.07) is 9.65. The summed E-state index contributed by atoms with van der Waals surface area (Å²) in [4.78, 5) is 28.4. The molecule has 202 valence electrons. The first-order valence-corrected chi connectivity index (χ1v) is 15.1. The van der Waals surface area contributed by atoms with Gasteiger partial charge in [0.05, 0.1) is 11.9 Å². The molecule has 1 aliphatic carbocycles. The Bertz CT molecular complexity index is 1210. The van der Waals surface area contributed by atoms with Gasteiger partial charge < -0.3 is 10.2 Å². The Balaban J connectivity index is 1.96. The van der Waals surface area contributed by atoms with Gasteiger partial charge in [0.25, 0.3) is 0 Å². The van der Waals surface area contributed by atoms with Crippen LogP contribution in [0.25, 0.3) is 0 Å². The summed E-state index contributed by atoms with van der Waals surface area (Å²) in [6.45, 7) is 4.73. The first-order valence-electron chi connectivity index (χ1n) is 12.5. The van der Waals surface area contributed by atoms with Crippen LogP contribution < -0.4 is 9.62 Å². The van der Waals surface area contributed by atoms with E-state index in [1.807, 2.05) is 6.07 Å². The molecule has 0 spiro atoms. The minimum atomic E-state index is -3.82. The van der Waals surface area contributed by atoms with Crippen LogP contribution in [0.3, 0.4) is 0 Å². The normalized spacial score (nSPS) is 15.2. The predicted octanol–water partition coefficient (Wildman–Crippen LogP) is 5.24. The van der Waals surface area contributed by atoms with Gasteiger partial charge in [0, 0.05) is 28.2 Å². The Hall–Kier alpha value is -2.29. The van der Waals surface area contributed by atoms with E-state index in [0.29, 0.717) is 21.3 Å². The van der Waals surface area contributed by atoms with E-state index in [1.165, 1.54) is 4.90 Å². The molecule has 1 fully saturated rings. The summed E-state index contributed by atoms with van der Waals surface area (Å²) in [7, 11) is -3.82. The number of sulfonamides is 1. The zero-order valence-electron chi connectivity index (χ0n) is 21.8. The van der Waals surface area contributed by atoms with Gasteiger partial charge in [0.1, 0.15) is 12.6 Å². The highest BCUT2D eigenvalue weighted by atomic mass is 35.5. The molecule has 3 rings (SSSR count).